The molecule has 26 nitrogen and oxygen atoms in total. The number of benzene rings is 4. The molecule has 1 amide bonds. The number of amides is 1. The van der Waals surface area contributed by atoms with Crippen LogP contribution in [0.4, 0.5) is 4.79 Å². The van der Waals surface area contributed by atoms with Gasteiger partial charge in [0.2, 0.25) is 0 Å². The number of hydrogen-bond acceptors (Lipinski definition) is 25. The highest BCUT2D eigenvalue weighted by atomic mass is 28.3. The Balaban J connectivity index is 1.32. The van der Waals surface area contributed by atoms with Crippen molar-refractivity contribution >= 4 is 56.0 Å². The van der Waals surface area contributed by atoms with E-state index in [9.17, 15) is 38.4 Å². The van der Waals surface area contributed by atoms with Gasteiger partial charge in [0.15, 0.2) is 37.0 Å². The van der Waals surface area contributed by atoms with E-state index in [2.05, 4.69) is 25.0 Å². The molecule has 0 bridgehead atoms. The zero-order valence-corrected chi connectivity index (χ0v) is 59.3. The van der Waals surface area contributed by atoms with Crippen LogP contribution >= 0.6 is 0 Å². The average Bonchev–Trinajstić information content (AvgIpc) is 0.763. The van der Waals surface area contributed by atoms with E-state index in [1.54, 1.807) is 20.8 Å². The summed E-state index contributed by atoms with van der Waals surface area (Å²) in [5.41, 5.74) is 2.26. The van der Waals surface area contributed by atoms with Gasteiger partial charge in [0.25, 0.3) is 0 Å². The highest BCUT2D eigenvalue weighted by molar-refractivity contribution is 6.76. The third-order valence-electron chi connectivity index (χ3n) is 15.7. The lowest BCUT2D eigenvalue weighted by atomic mass is 9.90. The maximum atomic E-state index is 13.9. The van der Waals surface area contributed by atoms with Crippen molar-refractivity contribution in [2.45, 2.75) is 231 Å². The Morgan fingerprint density at radius 1 is 0.434 bits per heavy atom. The first-order valence-electron chi connectivity index (χ1n) is 33.1. The molecule has 0 aliphatic carbocycles. The second-order valence-electron chi connectivity index (χ2n) is 26.4. The van der Waals surface area contributed by atoms with Gasteiger partial charge in [-0.25, -0.2) is 9.59 Å². The van der Waals surface area contributed by atoms with Crippen molar-refractivity contribution in [1.29, 1.82) is 0 Å². The monoisotopic (exact) mass is 1400 g/mol. The first-order valence-corrected chi connectivity index (χ1v) is 36.8. The van der Waals surface area contributed by atoms with Gasteiger partial charge in [-0.3, -0.25) is 28.8 Å². The molecule has 99 heavy (non-hydrogen) atoms. The summed E-state index contributed by atoms with van der Waals surface area (Å²) < 4.78 is 108. The van der Waals surface area contributed by atoms with E-state index < -0.39 is 173 Å². The van der Waals surface area contributed by atoms with Crippen LogP contribution in [0.3, 0.4) is 0 Å². The molecule has 542 valence electrons. The summed E-state index contributed by atoms with van der Waals surface area (Å²) in [6, 6.07) is 36.8. The van der Waals surface area contributed by atoms with Gasteiger partial charge in [0.1, 0.15) is 73.7 Å². The number of alkyl carbamates (subject to hydrolysis) is 1. The van der Waals surface area contributed by atoms with Crippen molar-refractivity contribution in [3.05, 3.63) is 144 Å². The molecule has 0 spiro atoms. The van der Waals surface area contributed by atoms with Gasteiger partial charge < -0.3 is 85.8 Å². The van der Waals surface area contributed by atoms with Crippen LogP contribution in [0.2, 0.25) is 25.7 Å². The Morgan fingerprint density at radius 2 is 0.828 bits per heavy atom. The number of esters is 7. The molecule has 16 atom stereocenters. The molecule has 3 aliphatic rings. The summed E-state index contributed by atoms with van der Waals surface area (Å²) in [4.78, 5) is 107. The van der Waals surface area contributed by atoms with Gasteiger partial charge in [-0.2, -0.15) is 0 Å². The van der Waals surface area contributed by atoms with E-state index in [4.69, 9.17) is 80.5 Å². The topological polar surface area (TPSA) is 306 Å². The molecule has 3 aliphatic heterocycles. The third-order valence-corrected chi connectivity index (χ3v) is 17.4. The molecule has 0 radical (unpaired) electrons. The summed E-state index contributed by atoms with van der Waals surface area (Å²) in [5, 5.41) is 2.59. The van der Waals surface area contributed by atoms with Crippen LogP contribution < -0.4 is 5.32 Å². The first-order chi connectivity index (χ1) is 47.1. The number of rotatable bonds is 33. The van der Waals surface area contributed by atoms with Gasteiger partial charge >= 0.3 is 47.9 Å². The maximum absolute atomic E-state index is 13.9. The lowest BCUT2D eigenvalue weighted by Gasteiger charge is -2.51. The molecule has 4 aromatic carbocycles. The summed E-state index contributed by atoms with van der Waals surface area (Å²) >= 11 is 0. The average molecular weight is 1400 g/mol. The van der Waals surface area contributed by atoms with Crippen LogP contribution in [-0.4, -0.2) is 186 Å². The van der Waals surface area contributed by atoms with Gasteiger partial charge in [-0.15, -0.1) is 0 Å². The van der Waals surface area contributed by atoms with Gasteiger partial charge in [-0.1, -0.05) is 141 Å². The zero-order chi connectivity index (χ0) is 71.8. The Morgan fingerprint density at radius 3 is 1.27 bits per heavy atom. The largest absolute Gasteiger partial charge is 0.464 e. The van der Waals surface area contributed by atoms with E-state index in [1.807, 2.05) is 121 Å². The number of hydrogen-bond donors (Lipinski definition) is 1. The number of carbonyl (C=O) groups is 8. The van der Waals surface area contributed by atoms with E-state index in [1.165, 1.54) is 0 Å². The molecule has 0 unspecified atom stereocenters. The molecule has 3 saturated heterocycles. The van der Waals surface area contributed by atoms with Crippen molar-refractivity contribution < 1.29 is 119 Å². The fourth-order valence-corrected chi connectivity index (χ4v) is 12.0. The predicted octanol–water partition coefficient (Wildman–Crippen LogP) is 8.35. The predicted molar refractivity (Wildman–Crippen MR) is 354 cm³/mol. The minimum Gasteiger partial charge on any atom is -0.464 e. The molecular weight excluding hydrogens is 1310 g/mol. The fourth-order valence-electron chi connectivity index (χ4n) is 11.3. The van der Waals surface area contributed by atoms with Crippen LogP contribution in [-0.2, 0) is 141 Å². The van der Waals surface area contributed by atoms with Gasteiger partial charge in [-0.05, 0) is 61.9 Å². The molecule has 1 N–H and O–H groups in total. The van der Waals surface area contributed by atoms with Crippen LogP contribution in [0.25, 0.3) is 0 Å². The highest BCUT2D eigenvalue weighted by Crippen LogP contribution is 2.40. The maximum Gasteiger partial charge on any atom is 0.408 e. The Bertz CT molecular complexity index is 3210. The quantitative estimate of drug-likeness (QED) is 0.0266. The zero-order valence-electron chi connectivity index (χ0n) is 58.3. The van der Waals surface area contributed by atoms with Crippen LogP contribution in [0.5, 0.6) is 0 Å². The van der Waals surface area contributed by atoms with E-state index >= 15 is 0 Å². The summed E-state index contributed by atoms with van der Waals surface area (Å²) in [5.74, 6) is -6.14. The molecule has 7 rings (SSSR count). The second kappa shape index (κ2) is 38.2. The second-order valence-corrected chi connectivity index (χ2v) is 32.1. The fraction of sp³-hybridized carbons (Fsp3) is 0.556. The highest BCUT2D eigenvalue weighted by Gasteiger charge is 2.59. The molecule has 3 heterocycles. The Hall–Kier alpha value is -7.70. The number of carbonyl (C=O) groups excluding carboxylic acids is 8. The molecule has 27 heteroatoms. The van der Waals surface area contributed by atoms with E-state index in [-0.39, 0.29) is 52.5 Å². The Labute approximate surface area is 578 Å². The molecular formula is C72H95NO25Si. The molecule has 0 saturated carbocycles. The number of ether oxygens (including phenoxy) is 17. The minimum atomic E-state index is -1.97. The molecule has 3 fully saturated rings. The molecule has 4 aromatic rings. The van der Waals surface area contributed by atoms with Gasteiger partial charge in [0.05, 0.1) is 45.7 Å². The minimum absolute atomic E-state index is 0.0353. The first kappa shape index (κ1) is 78.6. The Kier molecular flexibility index (Phi) is 30.3. The third kappa shape index (κ3) is 26.1. The molecule has 0 aromatic heterocycles. The SMILES string of the molecule is CC(=O)OC[C@H]1O[C@@H](O[C@H]2[C@H](OC(C)=O)[C@@H](OC(C)=O)[C@@H](CC[C@H](NC(=O)OC(C)(C)C)C(=O)OCC[Si](C)(C)C)O[C@@H]2COC(C)=O)[C@H](OC(C)=O)[C@@H](OC(C)=O)[C@H]1O[C@H]1O[C@H](COCc2ccccc2)[C@H](OCc2ccccc2)[C@H](OCc2ccccc2)[C@H]1OCc1ccccc1. The van der Waals surface area contributed by atoms with Crippen molar-refractivity contribution in [3.8, 4) is 0 Å². The van der Waals surface area contributed by atoms with Crippen LogP contribution in [0.15, 0.2) is 121 Å². The van der Waals surface area contributed by atoms with Crippen molar-refractivity contribution in [3.63, 3.8) is 0 Å². The lowest BCUT2D eigenvalue weighted by Crippen LogP contribution is -2.68. The van der Waals surface area contributed by atoms with Crippen molar-refractivity contribution in [2.75, 3.05) is 26.4 Å². The lowest BCUT2D eigenvalue weighted by molar-refractivity contribution is -0.380. The smallest absolute Gasteiger partial charge is 0.408 e. The van der Waals surface area contributed by atoms with Crippen LogP contribution in [0.1, 0.15) is 97.4 Å². The number of nitrogens with one attached hydrogen (secondary N) is 1. The van der Waals surface area contributed by atoms with E-state index in [0.29, 0.717) is 6.04 Å². The van der Waals surface area contributed by atoms with E-state index in [0.717, 1.165) is 63.8 Å². The van der Waals surface area contributed by atoms with Gasteiger partial charge in [0, 0.05) is 49.6 Å². The normalized spacial score (nSPS) is 25.7. The summed E-state index contributed by atoms with van der Waals surface area (Å²) in [7, 11) is -1.72. The summed E-state index contributed by atoms with van der Waals surface area (Å²) in [6.07, 6.45) is -24.2. The van der Waals surface area contributed by atoms with Crippen molar-refractivity contribution in [2.24, 2.45) is 0 Å². The standard InChI is InChI=1S/C72H95NO25Si/c1-44(74)84-42-57-61(64(90-47(4)77)60(89-46(3)76)55(93-57)34-33-54(73-71(81)98-72(7,8)9)68(80)83-35-36-99(10,11)12)97-70-67(92-49(6)79)65(91-48(5)78)62(58(95-70)43-85-45(2)75)96-69-66(88-40-53-31-23-16-24-32-53)63(87-39-52-29-21-15-22-30-52)59(86-38-51-27-19-14-20-28-51)56(94-69)41-82-37-50-25-17-13-18-26-50/h13-32,54-67,69-70H,33-43H2,1-12H3,(H,73,81)/t54-,55+,56+,57+,58+,59-,60-,61+,62-,63-,64+,65-,66+,67+,69+,70-/m0/s1. The van der Waals surface area contributed by atoms with Crippen LogP contribution in [0, 0.1) is 0 Å². The van der Waals surface area contributed by atoms with Crippen molar-refractivity contribution in [1.82, 2.24) is 5.32 Å². The summed E-state index contributed by atoms with van der Waals surface area (Å²) in [6.45, 7) is 16.6.